The Balaban J connectivity index is 0.000000751. The van der Waals surface area contributed by atoms with Crippen molar-refractivity contribution in [2.75, 3.05) is 0 Å². The lowest BCUT2D eigenvalue weighted by Crippen LogP contribution is -2.28. The summed E-state index contributed by atoms with van der Waals surface area (Å²) in [6.45, 7) is 28.1. The number of para-hydroxylation sites is 1. The highest BCUT2D eigenvalue weighted by molar-refractivity contribution is 7.33. The molecule has 402 valence electrons. The molecule has 0 bridgehead atoms. The van der Waals surface area contributed by atoms with Crippen LogP contribution in [0.25, 0.3) is 80.3 Å². The average Bonchev–Trinajstić information content (AvgIpc) is 4.34. The predicted molar refractivity (Wildman–Crippen MR) is 353 cm³/mol. The Morgan fingerprint density at radius 3 is 1.10 bits per heavy atom. The number of hydrogen-bond acceptors (Lipinski definition) is 13. The second-order valence-electron chi connectivity index (χ2n) is 15.5. The average molecular weight is 1190 g/mol. The zero-order chi connectivity index (χ0) is 56.1. The number of nitrogens with zero attached hydrogens (tertiary/aromatic N) is 2. The second-order valence-corrected chi connectivity index (χ2v) is 25.7. The molecule has 0 aliphatic heterocycles. The molecule has 11 heterocycles. The number of aryl methyl sites for hydroxylation is 2. The van der Waals surface area contributed by atoms with E-state index >= 15 is 0 Å². The maximum atomic E-state index is 14.5. The van der Waals surface area contributed by atoms with Gasteiger partial charge in [-0.2, -0.15) is 0 Å². The fourth-order valence-electron chi connectivity index (χ4n) is 8.18. The lowest BCUT2D eigenvalue weighted by molar-refractivity contribution is 0.976. The first-order valence-corrected chi connectivity index (χ1v) is 33.8. The monoisotopic (exact) mass is 1190 g/mol. The molecule has 11 aromatic heterocycles. The van der Waals surface area contributed by atoms with Crippen LogP contribution in [-0.4, -0.2) is 9.13 Å². The molecule has 0 amide bonds. The molecule has 0 aliphatic rings. The first-order chi connectivity index (χ1) is 37.6. The van der Waals surface area contributed by atoms with Crippen LogP contribution < -0.4 is 22.2 Å². The molecule has 0 saturated carbocycles. The van der Waals surface area contributed by atoms with Gasteiger partial charge in [0.05, 0.1) is 46.0 Å². The topological polar surface area (TPSA) is 78.1 Å². The van der Waals surface area contributed by atoms with E-state index in [0.717, 1.165) is 65.8 Å². The van der Waals surface area contributed by atoms with Crippen LogP contribution in [0.2, 0.25) is 0 Å². The molecule has 0 atom stereocenters. The van der Waals surface area contributed by atoms with Crippen molar-refractivity contribution in [2.24, 2.45) is 0 Å². The van der Waals surface area contributed by atoms with E-state index in [1.165, 1.54) is 44.9 Å². The largest absolute Gasteiger partial charge is 0.268 e. The van der Waals surface area contributed by atoms with Gasteiger partial charge in [0.2, 0.25) is 0 Å². The van der Waals surface area contributed by atoms with Crippen LogP contribution in [0.4, 0.5) is 0 Å². The molecule has 0 fully saturated rings. The van der Waals surface area contributed by atoms with Gasteiger partial charge in [-0.25, -0.2) is 9.13 Å². The molecule has 0 saturated heterocycles. The van der Waals surface area contributed by atoms with Gasteiger partial charge >= 0.3 is 0 Å². The molecule has 12 aromatic rings. The Kier molecular flexibility index (Phi) is 22.7. The molecule has 0 aliphatic carbocycles. The van der Waals surface area contributed by atoms with Crippen molar-refractivity contribution in [3.05, 3.63) is 191 Å². The van der Waals surface area contributed by atoms with E-state index in [0.29, 0.717) is 32.2 Å². The molecular formula is C62H66N2O4S9. The van der Waals surface area contributed by atoms with Crippen molar-refractivity contribution in [1.82, 2.24) is 9.13 Å². The van der Waals surface area contributed by atoms with E-state index in [-0.39, 0.29) is 22.2 Å². The Hall–Kier alpha value is -5.20. The van der Waals surface area contributed by atoms with Crippen LogP contribution in [0, 0.1) is 13.8 Å². The maximum Gasteiger partial charge on any atom is 0.267 e. The normalized spacial score (nSPS) is 10.5. The molecular weight excluding hydrogens is 1130 g/mol. The van der Waals surface area contributed by atoms with E-state index < -0.39 is 0 Å². The van der Waals surface area contributed by atoms with Crippen LogP contribution in [0.3, 0.4) is 0 Å². The third kappa shape index (κ3) is 12.8. The third-order valence-corrected chi connectivity index (χ3v) is 21.6. The molecule has 77 heavy (non-hydrogen) atoms. The molecule has 0 N–H and O–H groups in total. The summed E-state index contributed by atoms with van der Waals surface area (Å²) in [4.78, 5) is 70.3. The summed E-state index contributed by atoms with van der Waals surface area (Å²) in [6.07, 6.45) is 1.62. The van der Waals surface area contributed by atoms with Gasteiger partial charge in [-0.05, 0) is 116 Å². The summed E-state index contributed by atoms with van der Waals surface area (Å²) in [7, 11) is 0. The van der Waals surface area contributed by atoms with Crippen molar-refractivity contribution >= 4 is 142 Å². The Bertz CT molecular complexity index is 4090. The van der Waals surface area contributed by atoms with E-state index in [4.69, 9.17) is 0 Å². The van der Waals surface area contributed by atoms with Crippen LogP contribution in [-0.2, 0) is 12.8 Å². The van der Waals surface area contributed by atoms with Crippen molar-refractivity contribution < 1.29 is 0 Å². The fraction of sp³-hybridized carbons (Fsp3) is 0.258. The summed E-state index contributed by atoms with van der Waals surface area (Å²) in [5, 5.41) is 4.71. The number of thiophene rings is 9. The summed E-state index contributed by atoms with van der Waals surface area (Å²) >= 11 is 14.7. The van der Waals surface area contributed by atoms with Gasteiger partial charge in [0.1, 0.15) is 5.00 Å². The number of hydrogen-bond donors (Lipinski definition) is 0. The minimum atomic E-state index is -0.319. The molecule has 6 nitrogen and oxygen atoms in total. The lowest BCUT2D eigenvalue weighted by atomic mass is 10.2. The fourth-order valence-corrected chi connectivity index (χ4v) is 18.1. The van der Waals surface area contributed by atoms with E-state index in [1.807, 2.05) is 173 Å². The molecule has 0 radical (unpaired) electrons. The van der Waals surface area contributed by atoms with Crippen LogP contribution in [0.1, 0.15) is 112 Å². The highest BCUT2D eigenvalue weighted by Crippen LogP contribution is 2.45. The minimum absolute atomic E-state index is 0.279. The summed E-state index contributed by atoms with van der Waals surface area (Å²) in [5.41, 5.74) is -0.654. The first kappa shape index (κ1) is 61.0. The van der Waals surface area contributed by atoms with Crippen LogP contribution in [0.15, 0.2) is 140 Å². The van der Waals surface area contributed by atoms with Crippen molar-refractivity contribution in [3.63, 3.8) is 0 Å². The van der Waals surface area contributed by atoms with Crippen molar-refractivity contribution in [3.8, 4) is 40.0 Å². The number of fused-ring (bicyclic) bond motifs is 6. The first-order valence-electron chi connectivity index (χ1n) is 26.3. The molecule has 0 spiro atoms. The van der Waals surface area contributed by atoms with Gasteiger partial charge < -0.3 is 0 Å². The second kappa shape index (κ2) is 28.6. The third-order valence-electron chi connectivity index (χ3n) is 11.1. The standard InChI is InChI=1S/C50H30N2O4S9.6C2H6/c1-25-10-11-28(58-25)20-29-12-15-36(60-29)39-22-33-45(64-39)46-34(48(54)51(47(33)53)27-7-4-3-5-8-27)23-40(65-46)37-16-13-30(61-37)21-31-14-17-38(62-31)41-24-35-44(63-41)43-32(19-26(2)59-43)49(55)52(50(35)56)42-9-6-18-57-42;6*1-2/h3-19,22-24H,20-21H2,1-2H3;6*1-2H3. The summed E-state index contributed by atoms with van der Waals surface area (Å²) in [5.74, 6) is 0. The number of benzene rings is 1. The molecule has 0 unspecified atom stereocenters. The minimum Gasteiger partial charge on any atom is -0.268 e. The zero-order valence-electron chi connectivity index (χ0n) is 46.2. The van der Waals surface area contributed by atoms with Gasteiger partial charge in [-0.15, -0.1) is 102 Å². The van der Waals surface area contributed by atoms with Gasteiger partial charge in [-0.1, -0.05) is 101 Å². The highest BCUT2D eigenvalue weighted by atomic mass is 32.1. The molecule has 15 heteroatoms. The van der Waals surface area contributed by atoms with Crippen LogP contribution >= 0.6 is 102 Å². The summed E-state index contributed by atoms with van der Waals surface area (Å²) in [6, 6.07) is 38.0. The van der Waals surface area contributed by atoms with Crippen LogP contribution in [0.5, 0.6) is 0 Å². The van der Waals surface area contributed by atoms with Gasteiger partial charge in [-0.3, -0.25) is 19.2 Å². The maximum absolute atomic E-state index is 14.5. The van der Waals surface area contributed by atoms with Gasteiger partial charge in [0.25, 0.3) is 22.2 Å². The zero-order valence-corrected chi connectivity index (χ0v) is 53.5. The molecule has 12 rings (SSSR count). The van der Waals surface area contributed by atoms with E-state index in [1.54, 1.807) is 79.4 Å². The Morgan fingerprint density at radius 2 is 0.714 bits per heavy atom. The smallest absolute Gasteiger partial charge is 0.267 e. The van der Waals surface area contributed by atoms with Gasteiger partial charge in [0, 0.05) is 71.4 Å². The molecule has 1 aromatic carbocycles. The Labute approximate surface area is 488 Å². The van der Waals surface area contributed by atoms with Crippen molar-refractivity contribution in [2.45, 2.75) is 110 Å². The van der Waals surface area contributed by atoms with E-state index in [2.05, 4.69) is 55.5 Å². The predicted octanol–water partition coefficient (Wildman–Crippen LogP) is 20.8. The summed E-state index contributed by atoms with van der Waals surface area (Å²) < 4.78 is 6.03. The van der Waals surface area contributed by atoms with E-state index in [9.17, 15) is 19.2 Å². The number of rotatable bonds is 9. The highest BCUT2D eigenvalue weighted by Gasteiger charge is 2.22. The van der Waals surface area contributed by atoms with Gasteiger partial charge in [0.15, 0.2) is 0 Å². The quantitative estimate of drug-likeness (QED) is 0.144. The lowest BCUT2D eigenvalue weighted by Gasteiger charge is -2.01. The Morgan fingerprint density at radius 1 is 0.338 bits per heavy atom. The SMILES string of the molecule is CC.CC.CC.CC.CC.CC.Cc1ccc(Cc2ccc(-c3cc4c(=O)n(-c5ccccc5)c(=O)c5cc(-c6ccc(Cc7ccc(-c8cc9c(=O)n(-c%10cccs%10)c(=O)c%10cc(C)sc%10c9s8)s7)s6)sc5c4s3)s2)s1. The van der Waals surface area contributed by atoms with Crippen molar-refractivity contribution in [1.29, 1.82) is 0 Å². The number of aromatic nitrogens is 2.